The van der Waals surface area contributed by atoms with Crippen LogP contribution in [0.3, 0.4) is 0 Å². The maximum atomic E-state index is 6.29. The number of fused-ring (bicyclic) bond motifs is 9. The molecule has 0 bridgehead atoms. The minimum absolute atomic E-state index is 0.626. The Morgan fingerprint density at radius 3 is 1.67 bits per heavy atom. The summed E-state index contributed by atoms with van der Waals surface area (Å²) in [6.07, 6.45) is 0. The van der Waals surface area contributed by atoms with Crippen molar-refractivity contribution in [2.24, 2.45) is 0 Å². The molecule has 0 spiro atoms. The Bertz CT molecular complexity index is 3550. The first-order valence-corrected chi connectivity index (χ1v) is 19.5. The molecule has 0 aliphatic heterocycles. The molecule has 5 nitrogen and oxygen atoms in total. The van der Waals surface area contributed by atoms with E-state index < -0.39 is 0 Å². The predicted octanol–water partition coefficient (Wildman–Crippen LogP) is 13.8. The molecule has 9 aromatic carbocycles. The van der Waals surface area contributed by atoms with Crippen LogP contribution in [-0.2, 0) is 0 Å². The molecule has 0 saturated heterocycles. The number of rotatable bonds is 5. The highest BCUT2D eigenvalue weighted by molar-refractivity contribution is 6.16. The lowest BCUT2D eigenvalue weighted by molar-refractivity contribution is 0.669. The van der Waals surface area contributed by atoms with E-state index in [-0.39, 0.29) is 0 Å². The molecule has 0 unspecified atom stereocenters. The van der Waals surface area contributed by atoms with Gasteiger partial charge >= 0.3 is 0 Å². The summed E-state index contributed by atoms with van der Waals surface area (Å²) >= 11 is 0. The highest BCUT2D eigenvalue weighted by Crippen LogP contribution is 2.38. The normalized spacial score (nSPS) is 11.8. The van der Waals surface area contributed by atoms with Crippen LogP contribution in [0.5, 0.6) is 0 Å². The minimum Gasteiger partial charge on any atom is -0.456 e. The molecule has 3 aromatic heterocycles. The lowest BCUT2D eigenvalue weighted by Gasteiger charge is -2.11. The van der Waals surface area contributed by atoms with Crippen LogP contribution in [0.2, 0.25) is 0 Å². The molecule has 0 fully saturated rings. The van der Waals surface area contributed by atoms with E-state index in [4.69, 9.17) is 19.4 Å². The molecule has 0 aliphatic carbocycles. The molecule has 0 amide bonds. The fourth-order valence-corrected chi connectivity index (χ4v) is 8.58. The van der Waals surface area contributed by atoms with E-state index in [1.807, 2.05) is 42.5 Å². The molecule has 12 rings (SSSR count). The topological polar surface area (TPSA) is 56.7 Å². The second kappa shape index (κ2) is 12.8. The van der Waals surface area contributed by atoms with Crippen molar-refractivity contribution in [3.05, 3.63) is 194 Å². The van der Waals surface area contributed by atoms with Gasteiger partial charge in [0.2, 0.25) is 0 Å². The molecule has 0 N–H and O–H groups in total. The van der Waals surface area contributed by atoms with Crippen LogP contribution in [0.4, 0.5) is 0 Å². The quantitative estimate of drug-likeness (QED) is 0.165. The zero-order chi connectivity index (χ0) is 38.2. The average molecular weight is 741 g/mol. The van der Waals surface area contributed by atoms with Crippen molar-refractivity contribution in [2.75, 3.05) is 0 Å². The fraction of sp³-hybridized carbons (Fsp3) is 0. The van der Waals surface area contributed by atoms with Crippen molar-refractivity contribution in [2.45, 2.75) is 0 Å². The van der Waals surface area contributed by atoms with Crippen LogP contribution < -0.4 is 0 Å². The van der Waals surface area contributed by atoms with E-state index in [9.17, 15) is 0 Å². The SMILES string of the molecule is c1ccc(-c2nc(-c3ccc(-c4ccc5ccc6cc7c(cc6c5c4)oc4ccccc47)cc3)nc(-c3ccc4c(c3)c3ccccc3n4-c3ccccc3)n2)cc1. The largest absolute Gasteiger partial charge is 0.456 e. The maximum absolute atomic E-state index is 6.29. The third-order valence-electron chi connectivity index (χ3n) is 11.4. The van der Waals surface area contributed by atoms with Crippen molar-refractivity contribution in [1.29, 1.82) is 0 Å². The van der Waals surface area contributed by atoms with Gasteiger partial charge in [0.25, 0.3) is 0 Å². The second-order valence-corrected chi connectivity index (χ2v) is 14.8. The summed E-state index contributed by atoms with van der Waals surface area (Å²) < 4.78 is 8.61. The van der Waals surface area contributed by atoms with Crippen LogP contribution in [0, 0.1) is 0 Å². The standard InChI is InChI=1S/C53H32N4O/c1-3-11-35(12-4-1)51-54-52(56-53(55-51)39-27-28-48-45(31-39)41-15-7-9-17-47(41)57(48)40-13-5-2-6-14-40)36-23-19-33(20-24-36)37-25-21-34-22-26-38-30-46-42-16-8-10-18-49(42)58-50(46)32-44(38)43(34)29-37/h1-32H. The summed E-state index contributed by atoms with van der Waals surface area (Å²) in [5, 5.41) is 9.37. The van der Waals surface area contributed by atoms with Gasteiger partial charge in [0.05, 0.1) is 11.0 Å². The number of aromatic nitrogens is 4. The van der Waals surface area contributed by atoms with Gasteiger partial charge in [-0.25, -0.2) is 15.0 Å². The molecule has 0 radical (unpaired) electrons. The lowest BCUT2D eigenvalue weighted by atomic mass is 9.96. The van der Waals surface area contributed by atoms with Gasteiger partial charge in [-0.05, 0) is 93.3 Å². The number of nitrogens with zero attached hydrogens (tertiary/aromatic N) is 4. The number of hydrogen-bond acceptors (Lipinski definition) is 4. The first kappa shape index (κ1) is 32.4. The van der Waals surface area contributed by atoms with Crippen LogP contribution in [-0.4, -0.2) is 19.5 Å². The average Bonchev–Trinajstić information content (AvgIpc) is 3.83. The van der Waals surface area contributed by atoms with Crippen LogP contribution in [0.25, 0.3) is 116 Å². The van der Waals surface area contributed by atoms with E-state index in [1.165, 1.54) is 26.9 Å². The molecule has 58 heavy (non-hydrogen) atoms. The van der Waals surface area contributed by atoms with Crippen LogP contribution >= 0.6 is 0 Å². The molecule has 5 heteroatoms. The van der Waals surface area contributed by atoms with E-state index in [0.29, 0.717) is 17.5 Å². The van der Waals surface area contributed by atoms with Crippen molar-refractivity contribution < 1.29 is 4.42 Å². The predicted molar refractivity (Wildman–Crippen MR) is 238 cm³/mol. The summed E-state index contributed by atoms with van der Waals surface area (Å²) in [5.74, 6) is 1.89. The first-order chi connectivity index (χ1) is 28.7. The Balaban J connectivity index is 0.957. The Labute approximate surface area is 333 Å². The third kappa shape index (κ3) is 5.21. The summed E-state index contributed by atoms with van der Waals surface area (Å²) in [7, 11) is 0. The van der Waals surface area contributed by atoms with Gasteiger partial charge in [0.15, 0.2) is 17.5 Å². The van der Waals surface area contributed by atoms with Crippen molar-refractivity contribution in [3.8, 4) is 51.0 Å². The van der Waals surface area contributed by atoms with Crippen molar-refractivity contribution >= 4 is 65.3 Å². The van der Waals surface area contributed by atoms with Crippen LogP contribution in [0.15, 0.2) is 199 Å². The molecular formula is C53H32N4O. The molecule has 0 atom stereocenters. The lowest BCUT2D eigenvalue weighted by Crippen LogP contribution is -2.00. The van der Waals surface area contributed by atoms with Crippen LogP contribution in [0.1, 0.15) is 0 Å². The number of para-hydroxylation sites is 3. The fourth-order valence-electron chi connectivity index (χ4n) is 8.58. The van der Waals surface area contributed by atoms with Gasteiger partial charge in [-0.2, -0.15) is 0 Å². The summed E-state index contributed by atoms with van der Waals surface area (Å²) in [6, 6.07) is 68.1. The summed E-state index contributed by atoms with van der Waals surface area (Å²) in [6.45, 7) is 0. The van der Waals surface area contributed by atoms with Gasteiger partial charge in [0, 0.05) is 43.9 Å². The van der Waals surface area contributed by atoms with Crippen molar-refractivity contribution in [3.63, 3.8) is 0 Å². The van der Waals surface area contributed by atoms with Gasteiger partial charge in [-0.15, -0.1) is 0 Å². The van der Waals surface area contributed by atoms with E-state index in [1.54, 1.807) is 0 Å². The summed E-state index contributed by atoms with van der Waals surface area (Å²) in [5.41, 5.74) is 10.3. The molecule has 270 valence electrons. The number of benzene rings is 9. The van der Waals surface area contributed by atoms with E-state index in [2.05, 4.69) is 156 Å². The summed E-state index contributed by atoms with van der Waals surface area (Å²) in [4.78, 5) is 15.2. The Kier molecular flexibility index (Phi) is 7.16. The smallest absolute Gasteiger partial charge is 0.164 e. The number of furan rings is 1. The van der Waals surface area contributed by atoms with Crippen molar-refractivity contribution in [1.82, 2.24) is 19.5 Å². The minimum atomic E-state index is 0.626. The highest BCUT2D eigenvalue weighted by atomic mass is 16.3. The second-order valence-electron chi connectivity index (χ2n) is 14.8. The third-order valence-corrected chi connectivity index (χ3v) is 11.4. The van der Waals surface area contributed by atoms with Gasteiger partial charge in [-0.3, -0.25) is 0 Å². The zero-order valence-electron chi connectivity index (χ0n) is 31.2. The molecule has 0 saturated carbocycles. The zero-order valence-corrected chi connectivity index (χ0v) is 31.2. The van der Waals surface area contributed by atoms with E-state index >= 15 is 0 Å². The Hall–Kier alpha value is -7.89. The monoisotopic (exact) mass is 740 g/mol. The van der Waals surface area contributed by atoms with Gasteiger partial charge in [-0.1, -0.05) is 133 Å². The number of hydrogen-bond donors (Lipinski definition) is 0. The highest BCUT2D eigenvalue weighted by Gasteiger charge is 2.17. The van der Waals surface area contributed by atoms with E-state index in [0.717, 1.165) is 71.9 Å². The molecular weight excluding hydrogens is 709 g/mol. The van der Waals surface area contributed by atoms with Gasteiger partial charge in [0.1, 0.15) is 11.2 Å². The molecule has 12 aromatic rings. The van der Waals surface area contributed by atoms with Gasteiger partial charge < -0.3 is 8.98 Å². The molecule has 3 heterocycles. The first-order valence-electron chi connectivity index (χ1n) is 19.5. The Morgan fingerprint density at radius 1 is 0.310 bits per heavy atom. The molecule has 0 aliphatic rings. The maximum Gasteiger partial charge on any atom is 0.164 e. The Morgan fingerprint density at radius 2 is 0.862 bits per heavy atom.